The van der Waals surface area contributed by atoms with E-state index < -0.39 is 6.10 Å². The third-order valence-corrected chi connectivity index (χ3v) is 2.15. The molecule has 0 fully saturated rings. The summed E-state index contributed by atoms with van der Waals surface area (Å²) >= 11 is 0. The van der Waals surface area contributed by atoms with Crippen molar-refractivity contribution < 1.29 is 14.3 Å². The topological polar surface area (TPSA) is 58.7 Å². The van der Waals surface area contributed by atoms with Crippen molar-refractivity contribution in [1.82, 2.24) is 9.88 Å². The van der Waals surface area contributed by atoms with Crippen LogP contribution >= 0.6 is 0 Å². The van der Waals surface area contributed by atoms with Crippen LogP contribution in [-0.4, -0.2) is 48.4 Å². The van der Waals surface area contributed by atoms with Gasteiger partial charge in [0, 0.05) is 20.2 Å². The molecule has 5 heteroatoms. The highest BCUT2D eigenvalue weighted by Gasteiger charge is 2.11. The Kier molecular flexibility index (Phi) is 4.74. The van der Waals surface area contributed by atoms with E-state index in [2.05, 4.69) is 4.98 Å². The van der Waals surface area contributed by atoms with Crippen LogP contribution in [0, 0.1) is 6.92 Å². The number of ether oxygens (including phenoxy) is 1. The first-order chi connectivity index (χ1) is 7.13. The van der Waals surface area contributed by atoms with Crippen LogP contribution in [0.4, 0.5) is 0 Å². The Morgan fingerprint density at radius 2 is 2.40 bits per heavy atom. The molecule has 86 valence electrons. The van der Waals surface area contributed by atoms with Gasteiger partial charge in [-0.3, -0.25) is 4.90 Å². The molecule has 1 N–H and O–H groups in total. The number of aryl methyl sites for hydroxylation is 1. The molecule has 1 heterocycles. The maximum absolute atomic E-state index is 9.51. The van der Waals surface area contributed by atoms with E-state index in [-0.39, 0.29) is 0 Å². The number of aromatic nitrogens is 1. The summed E-state index contributed by atoms with van der Waals surface area (Å²) in [7, 11) is 3.50. The van der Waals surface area contributed by atoms with Crippen LogP contribution in [0.2, 0.25) is 0 Å². The molecule has 0 bridgehead atoms. The molecule has 0 aromatic carbocycles. The summed E-state index contributed by atoms with van der Waals surface area (Å²) in [5.74, 6) is 0.822. The number of oxazole rings is 1. The Balaban J connectivity index is 2.36. The second kappa shape index (κ2) is 5.85. The SMILES string of the molecule is COCC(O)CN(C)Cc1ncoc1C. The lowest BCUT2D eigenvalue weighted by molar-refractivity contribution is 0.0416. The minimum atomic E-state index is -0.466. The molecule has 1 atom stereocenters. The smallest absolute Gasteiger partial charge is 0.181 e. The molecule has 1 aromatic heterocycles. The van der Waals surface area contributed by atoms with E-state index in [0.717, 1.165) is 11.5 Å². The minimum absolute atomic E-state index is 0.349. The molecule has 5 nitrogen and oxygen atoms in total. The van der Waals surface area contributed by atoms with Gasteiger partial charge in [0.1, 0.15) is 5.76 Å². The first kappa shape index (κ1) is 12.2. The summed E-state index contributed by atoms with van der Waals surface area (Å²) in [6, 6.07) is 0. The van der Waals surface area contributed by atoms with Crippen LogP contribution in [0.5, 0.6) is 0 Å². The van der Waals surface area contributed by atoms with Gasteiger partial charge in [0.2, 0.25) is 0 Å². The molecule has 1 unspecified atom stereocenters. The van der Waals surface area contributed by atoms with Gasteiger partial charge in [0.15, 0.2) is 6.39 Å². The van der Waals surface area contributed by atoms with Crippen molar-refractivity contribution in [3.63, 3.8) is 0 Å². The standard InChI is InChI=1S/C10H18N2O3/c1-8-10(11-7-15-8)5-12(2)4-9(13)6-14-3/h7,9,13H,4-6H2,1-3H3. The normalized spacial score (nSPS) is 13.4. The second-order valence-electron chi connectivity index (χ2n) is 3.66. The molecule has 0 aliphatic heterocycles. The largest absolute Gasteiger partial charge is 0.448 e. The van der Waals surface area contributed by atoms with Crippen LogP contribution in [0.15, 0.2) is 10.8 Å². The molecule has 0 amide bonds. The van der Waals surface area contributed by atoms with Crippen molar-refractivity contribution in [2.24, 2.45) is 0 Å². The van der Waals surface area contributed by atoms with Gasteiger partial charge >= 0.3 is 0 Å². The molecule has 0 aliphatic rings. The summed E-state index contributed by atoms with van der Waals surface area (Å²) in [5.41, 5.74) is 0.905. The molecule has 0 spiro atoms. The highest BCUT2D eigenvalue weighted by atomic mass is 16.5. The summed E-state index contributed by atoms with van der Waals surface area (Å²) in [6.45, 7) is 3.45. The van der Waals surface area contributed by atoms with Gasteiger partial charge in [-0.1, -0.05) is 0 Å². The van der Waals surface area contributed by atoms with Crippen LogP contribution in [0.1, 0.15) is 11.5 Å². The van der Waals surface area contributed by atoms with Gasteiger partial charge < -0.3 is 14.3 Å². The summed E-state index contributed by atoms with van der Waals surface area (Å²) in [5, 5.41) is 9.51. The predicted octanol–water partition coefficient (Wildman–Crippen LogP) is 0.422. The summed E-state index contributed by atoms with van der Waals surface area (Å²) < 4.78 is 9.95. The molecular weight excluding hydrogens is 196 g/mol. The highest BCUT2D eigenvalue weighted by molar-refractivity contribution is 5.04. The fourth-order valence-electron chi connectivity index (χ4n) is 1.41. The number of hydrogen-bond acceptors (Lipinski definition) is 5. The fraction of sp³-hybridized carbons (Fsp3) is 0.700. The lowest BCUT2D eigenvalue weighted by Gasteiger charge is -2.19. The zero-order valence-corrected chi connectivity index (χ0v) is 9.43. The molecule has 15 heavy (non-hydrogen) atoms. The quantitative estimate of drug-likeness (QED) is 0.743. The van der Waals surface area contributed by atoms with E-state index in [1.165, 1.54) is 6.39 Å². The Bertz CT molecular complexity index is 288. The van der Waals surface area contributed by atoms with Gasteiger partial charge in [0.25, 0.3) is 0 Å². The van der Waals surface area contributed by atoms with Gasteiger partial charge in [-0.2, -0.15) is 0 Å². The number of rotatable bonds is 6. The minimum Gasteiger partial charge on any atom is -0.448 e. The van der Waals surface area contributed by atoms with E-state index in [9.17, 15) is 5.11 Å². The Hall–Kier alpha value is -0.910. The van der Waals surface area contributed by atoms with Gasteiger partial charge in [-0.25, -0.2) is 4.98 Å². The molecular formula is C10H18N2O3. The maximum atomic E-state index is 9.51. The third kappa shape index (κ3) is 3.99. The van der Waals surface area contributed by atoms with E-state index in [4.69, 9.17) is 9.15 Å². The van der Waals surface area contributed by atoms with Crippen LogP contribution in [0.25, 0.3) is 0 Å². The predicted molar refractivity (Wildman–Crippen MR) is 55.5 cm³/mol. The van der Waals surface area contributed by atoms with Gasteiger partial charge in [-0.05, 0) is 14.0 Å². The molecule has 1 rings (SSSR count). The number of aliphatic hydroxyl groups excluding tert-OH is 1. The Labute approximate surface area is 89.7 Å². The van der Waals surface area contributed by atoms with Crippen molar-refractivity contribution in [3.05, 3.63) is 17.8 Å². The number of nitrogens with zero attached hydrogens (tertiary/aromatic N) is 2. The van der Waals surface area contributed by atoms with E-state index in [1.807, 2.05) is 18.9 Å². The Morgan fingerprint density at radius 3 is 2.93 bits per heavy atom. The highest BCUT2D eigenvalue weighted by Crippen LogP contribution is 2.07. The second-order valence-corrected chi connectivity index (χ2v) is 3.66. The fourth-order valence-corrected chi connectivity index (χ4v) is 1.41. The van der Waals surface area contributed by atoms with Crippen LogP contribution in [0.3, 0.4) is 0 Å². The average molecular weight is 214 g/mol. The molecule has 0 radical (unpaired) electrons. The van der Waals surface area contributed by atoms with E-state index in [0.29, 0.717) is 19.7 Å². The lowest BCUT2D eigenvalue weighted by atomic mass is 10.3. The maximum Gasteiger partial charge on any atom is 0.181 e. The third-order valence-electron chi connectivity index (χ3n) is 2.15. The number of hydrogen-bond donors (Lipinski definition) is 1. The number of methoxy groups -OCH3 is 1. The molecule has 1 aromatic rings. The molecule has 0 saturated carbocycles. The van der Waals surface area contributed by atoms with Crippen molar-refractivity contribution in [3.8, 4) is 0 Å². The average Bonchev–Trinajstić information content (AvgIpc) is 2.52. The summed E-state index contributed by atoms with van der Waals surface area (Å²) in [4.78, 5) is 6.07. The van der Waals surface area contributed by atoms with Crippen LogP contribution in [-0.2, 0) is 11.3 Å². The molecule has 0 aliphatic carbocycles. The van der Waals surface area contributed by atoms with Crippen LogP contribution < -0.4 is 0 Å². The zero-order chi connectivity index (χ0) is 11.3. The zero-order valence-electron chi connectivity index (χ0n) is 9.43. The monoisotopic (exact) mass is 214 g/mol. The van der Waals surface area contributed by atoms with Gasteiger partial charge in [0.05, 0.1) is 18.4 Å². The van der Waals surface area contributed by atoms with Crippen molar-refractivity contribution in [2.75, 3.05) is 27.3 Å². The lowest BCUT2D eigenvalue weighted by Crippen LogP contribution is -2.31. The molecule has 0 saturated heterocycles. The van der Waals surface area contributed by atoms with E-state index in [1.54, 1.807) is 7.11 Å². The Morgan fingerprint density at radius 1 is 1.67 bits per heavy atom. The van der Waals surface area contributed by atoms with Crippen molar-refractivity contribution in [2.45, 2.75) is 19.6 Å². The number of aliphatic hydroxyl groups is 1. The summed E-state index contributed by atoms with van der Waals surface area (Å²) in [6.07, 6.45) is 0.969. The first-order valence-corrected chi connectivity index (χ1v) is 4.88. The van der Waals surface area contributed by atoms with Crippen molar-refractivity contribution in [1.29, 1.82) is 0 Å². The first-order valence-electron chi connectivity index (χ1n) is 4.88. The van der Waals surface area contributed by atoms with E-state index >= 15 is 0 Å². The number of likely N-dealkylation sites (N-methyl/N-ethyl adjacent to an activating group) is 1. The van der Waals surface area contributed by atoms with Crippen molar-refractivity contribution >= 4 is 0 Å². The van der Waals surface area contributed by atoms with Gasteiger partial charge in [-0.15, -0.1) is 0 Å².